The maximum Gasteiger partial charge on any atom is 0.417 e. The fourth-order valence-electron chi connectivity index (χ4n) is 4.61. The molecule has 1 aromatic carbocycles. The number of benzene rings is 1. The number of amides is 2. The summed E-state index contributed by atoms with van der Waals surface area (Å²) in [5.41, 5.74) is 3.21. The van der Waals surface area contributed by atoms with Gasteiger partial charge in [-0.3, -0.25) is 9.59 Å². The number of aromatic nitrogens is 1. The molecule has 0 bridgehead atoms. The van der Waals surface area contributed by atoms with Crippen molar-refractivity contribution in [3.8, 4) is 16.9 Å². The summed E-state index contributed by atoms with van der Waals surface area (Å²) in [5.74, 6) is -0.0808. The number of carbonyl (C=O) groups is 3. The Bertz CT molecular complexity index is 1320. The summed E-state index contributed by atoms with van der Waals surface area (Å²) in [7, 11) is 1.60. The van der Waals surface area contributed by atoms with Crippen LogP contribution in [-0.4, -0.2) is 48.2 Å². The molecule has 1 aliphatic carbocycles. The van der Waals surface area contributed by atoms with Crippen LogP contribution in [0.15, 0.2) is 24.3 Å². The number of halogens is 1. The van der Waals surface area contributed by atoms with E-state index in [4.69, 9.17) is 30.8 Å². The molecule has 0 saturated carbocycles. The topological polar surface area (TPSA) is 95.0 Å². The van der Waals surface area contributed by atoms with Gasteiger partial charge in [0.25, 0.3) is 5.91 Å². The highest BCUT2D eigenvalue weighted by Crippen LogP contribution is 2.46. The molecule has 0 spiro atoms. The van der Waals surface area contributed by atoms with Gasteiger partial charge >= 0.3 is 12.1 Å². The molecule has 1 atom stereocenters. The van der Waals surface area contributed by atoms with Crippen LogP contribution in [0.5, 0.6) is 5.75 Å². The molecule has 1 fully saturated rings. The van der Waals surface area contributed by atoms with Crippen molar-refractivity contribution in [2.75, 3.05) is 20.3 Å². The molecular weight excluding hydrogens is 492 g/mol. The van der Waals surface area contributed by atoms with Gasteiger partial charge in [-0.15, -0.1) is 11.3 Å². The third kappa shape index (κ3) is 4.23. The van der Waals surface area contributed by atoms with Gasteiger partial charge in [-0.25, -0.2) is 14.7 Å². The van der Waals surface area contributed by atoms with Crippen molar-refractivity contribution in [3.63, 3.8) is 0 Å². The van der Waals surface area contributed by atoms with E-state index in [1.807, 2.05) is 24.3 Å². The largest absolute Gasteiger partial charge is 0.497 e. The number of esters is 1. The van der Waals surface area contributed by atoms with Gasteiger partial charge in [0.15, 0.2) is 6.61 Å². The van der Waals surface area contributed by atoms with Crippen molar-refractivity contribution in [1.29, 1.82) is 0 Å². The molecule has 3 aromatic rings. The SMILES string of the molecule is CCOC(=O)C1CCc2c(sc3nc(CN4C(=O)COC4=O)c(Cl)c(-c4ccc(OC)cc4)c23)C1. The normalized spacial score (nSPS) is 17.5. The van der Waals surface area contributed by atoms with E-state index in [0.29, 0.717) is 42.3 Å². The van der Waals surface area contributed by atoms with Crippen molar-refractivity contribution >= 4 is 51.1 Å². The van der Waals surface area contributed by atoms with Crippen LogP contribution in [0.25, 0.3) is 21.3 Å². The standard InChI is InChI=1S/C25H23ClN2O6S/c1-3-33-24(30)14-6-9-16-18(10-14)35-23-21(16)20(13-4-7-15(32-2)8-5-13)22(26)17(27-23)11-28-19(29)12-34-25(28)31/h4-5,7-8,14H,3,6,9-12H2,1-2H3. The lowest BCUT2D eigenvalue weighted by Gasteiger charge is -2.21. The van der Waals surface area contributed by atoms with Crippen molar-refractivity contribution in [3.05, 3.63) is 45.4 Å². The van der Waals surface area contributed by atoms with E-state index in [1.54, 1.807) is 14.0 Å². The van der Waals surface area contributed by atoms with E-state index in [0.717, 1.165) is 36.7 Å². The summed E-state index contributed by atoms with van der Waals surface area (Å²) in [6.07, 6.45) is 1.27. The molecule has 1 unspecified atom stereocenters. The molecule has 8 nitrogen and oxygen atoms in total. The molecule has 2 amide bonds. The van der Waals surface area contributed by atoms with E-state index >= 15 is 0 Å². The minimum atomic E-state index is -0.707. The van der Waals surface area contributed by atoms with Gasteiger partial charge in [0.1, 0.15) is 10.6 Å². The first-order chi connectivity index (χ1) is 16.9. The molecular formula is C25H23ClN2O6S. The van der Waals surface area contributed by atoms with Crippen LogP contribution in [0.1, 0.15) is 29.5 Å². The second-order valence-electron chi connectivity index (χ2n) is 8.39. The molecule has 2 aromatic heterocycles. The number of ether oxygens (including phenoxy) is 3. The maximum absolute atomic E-state index is 12.4. The van der Waals surface area contributed by atoms with Gasteiger partial charge in [-0.05, 0) is 49.4 Å². The highest BCUT2D eigenvalue weighted by Gasteiger charge is 2.34. The first kappa shape index (κ1) is 23.6. The number of methoxy groups -OCH3 is 1. The average Bonchev–Trinajstić information content (AvgIpc) is 3.38. The Morgan fingerprint density at radius 1 is 1.29 bits per heavy atom. The molecule has 35 heavy (non-hydrogen) atoms. The van der Waals surface area contributed by atoms with Crippen molar-refractivity contribution in [2.45, 2.75) is 32.7 Å². The number of pyridine rings is 1. The Morgan fingerprint density at radius 3 is 2.71 bits per heavy atom. The summed E-state index contributed by atoms with van der Waals surface area (Å²) in [4.78, 5) is 44.2. The monoisotopic (exact) mass is 514 g/mol. The number of fused-ring (bicyclic) bond motifs is 3. The van der Waals surface area contributed by atoms with Crippen molar-refractivity contribution in [1.82, 2.24) is 9.88 Å². The Labute approximate surface area is 210 Å². The zero-order chi connectivity index (χ0) is 24.7. The lowest BCUT2D eigenvalue weighted by atomic mass is 9.86. The minimum absolute atomic E-state index is 0.0797. The van der Waals surface area contributed by atoms with Gasteiger partial charge in [-0.2, -0.15) is 0 Å². The number of cyclic esters (lactones) is 1. The summed E-state index contributed by atoms with van der Waals surface area (Å²) in [5, 5.41) is 1.32. The summed E-state index contributed by atoms with van der Waals surface area (Å²) in [6.45, 7) is 1.80. The molecule has 0 N–H and O–H groups in total. The van der Waals surface area contributed by atoms with Crippen LogP contribution in [0.4, 0.5) is 4.79 Å². The van der Waals surface area contributed by atoms with Crippen LogP contribution < -0.4 is 4.74 Å². The van der Waals surface area contributed by atoms with Gasteiger partial charge in [0.05, 0.1) is 36.9 Å². The molecule has 182 valence electrons. The first-order valence-electron chi connectivity index (χ1n) is 11.3. The predicted molar refractivity (Wildman–Crippen MR) is 131 cm³/mol. The fourth-order valence-corrected chi connectivity index (χ4v) is 6.25. The number of imide groups is 1. The molecule has 3 heterocycles. The zero-order valence-electron chi connectivity index (χ0n) is 19.3. The van der Waals surface area contributed by atoms with Gasteiger partial charge < -0.3 is 14.2 Å². The van der Waals surface area contributed by atoms with Gasteiger partial charge in [-0.1, -0.05) is 23.7 Å². The quantitative estimate of drug-likeness (QED) is 0.437. The van der Waals surface area contributed by atoms with Gasteiger partial charge in [0.2, 0.25) is 0 Å². The summed E-state index contributed by atoms with van der Waals surface area (Å²) in [6, 6.07) is 7.56. The molecule has 5 rings (SSSR count). The Balaban J connectivity index is 1.65. The third-order valence-corrected chi connectivity index (χ3v) is 7.91. The number of carbonyl (C=O) groups excluding carboxylic acids is 3. The van der Waals surface area contributed by atoms with Gasteiger partial charge in [0, 0.05) is 15.8 Å². The average molecular weight is 515 g/mol. The van der Waals surface area contributed by atoms with E-state index < -0.39 is 12.0 Å². The molecule has 2 aliphatic rings. The lowest BCUT2D eigenvalue weighted by molar-refractivity contribution is -0.148. The Morgan fingerprint density at radius 2 is 2.06 bits per heavy atom. The summed E-state index contributed by atoms with van der Waals surface area (Å²) < 4.78 is 15.4. The van der Waals surface area contributed by atoms with Crippen molar-refractivity contribution in [2.24, 2.45) is 5.92 Å². The van der Waals surface area contributed by atoms with E-state index in [9.17, 15) is 14.4 Å². The van der Waals surface area contributed by atoms with E-state index in [-0.39, 0.29) is 25.0 Å². The number of hydrogen-bond donors (Lipinski definition) is 0. The highest BCUT2D eigenvalue weighted by molar-refractivity contribution is 7.19. The number of nitrogens with zero attached hydrogens (tertiary/aromatic N) is 2. The summed E-state index contributed by atoms with van der Waals surface area (Å²) >= 11 is 8.45. The lowest BCUT2D eigenvalue weighted by Crippen LogP contribution is -2.29. The smallest absolute Gasteiger partial charge is 0.417 e. The van der Waals surface area contributed by atoms with Crippen LogP contribution >= 0.6 is 22.9 Å². The van der Waals surface area contributed by atoms with Crippen LogP contribution in [0, 0.1) is 5.92 Å². The molecule has 1 aliphatic heterocycles. The Hall–Kier alpha value is -3.17. The number of hydrogen-bond acceptors (Lipinski definition) is 8. The minimum Gasteiger partial charge on any atom is -0.497 e. The maximum atomic E-state index is 12.4. The molecule has 0 radical (unpaired) electrons. The second kappa shape index (κ2) is 9.47. The number of aryl methyl sites for hydroxylation is 1. The molecule has 10 heteroatoms. The fraction of sp³-hybridized carbons (Fsp3) is 0.360. The van der Waals surface area contributed by atoms with E-state index in [1.165, 1.54) is 11.3 Å². The molecule has 1 saturated heterocycles. The van der Waals surface area contributed by atoms with Crippen molar-refractivity contribution < 1.29 is 28.6 Å². The zero-order valence-corrected chi connectivity index (χ0v) is 20.8. The first-order valence-corrected chi connectivity index (χ1v) is 12.5. The third-order valence-electron chi connectivity index (χ3n) is 6.35. The second-order valence-corrected chi connectivity index (χ2v) is 9.85. The van der Waals surface area contributed by atoms with Crippen LogP contribution in [0.2, 0.25) is 5.02 Å². The number of thiophene rings is 1. The predicted octanol–water partition coefficient (Wildman–Crippen LogP) is 4.77. The Kier molecular flexibility index (Phi) is 6.37. The van der Waals surface area contributed by atoms with Crippen LogP contribution in [-0.2, 0) is 38.4 Å². The van der Waals surface area contributed by atoms with E-state index in [2.05, 4.69) is 0 Å². The van der Waals surface area contributed by atoms with Crippen LogP contribution in [0.3, 0.4) is 0 Å². The highest BCUT2D eigenvalue weighted by atomic mass is 35.5. The number of rotatable bonds is 6.